The lowest BCUT2D eigenvalue weighted by molar-refractivity contribution is 0.0585. The Balaban J connectivity index is 2.22. The highest BCUT2D eigenvalue weighted by Gasteiger charge is 2.30. The lowest BCUT2D eigenvalue weighted by Crippen LogP contribution is -2.40. The van der Waals surface area contributed by atoms with E-state index in [0.29, 0.717) is 36.2 Å². The fourth-order valence-electron chi connectivity index (χ4n) is 2.91. The molecule has 21 heavy (non-hydrogen) atoms. The number of nitrogens with two attached hydrogens (primary N) is 1. The summed E-state index contributed by atoms with van der Waals surface area (Å²) in [6.07, 6.45) is 1.74. The zero-order chi connectivity index (χ0) is 15.6. The minimum Gasteiger partial charge on any atom is -0.465 e. The van der Waals surface area contributed by atoms with Gasteiger partial charge in [0.25, 0.3) is 0 Å². The maximum absolute atomic E-state index is 12.6. The van der Waals surface area contributed by atoms with Gasteiger partial charge in [0, 0.05) is 31.4 Å². The quantitative estimate of drug-likeness (QED) is 0.857. The molecule has 0 aromatic carbocycles. The number of ether oxygens (including phenoxy) is 1. The van der Waals surface area contributed by atoms with Crippen LogP contribution in [0.5, 0.6) is 0 Å². The van der Waals surface area contributed by atoms with Crippen LogP contribution in [-0.2, 0) is 21.3 Å². The number of sulfonamides is 1. The summed E-state index contributed by atoms with van der Waals surface area (Å²) in [5.41, 5.74) is 6.22. The lowest BCUT2D eigenvalue weighted by atomic mass is 9.94. The van der Waals surface area contributed by atoms with E-state index >= 15 is 0 Å². The van der Waals surface area contributed by atoms with Gasteiger partial charge in [-0.05, 0) is 39.5 Å². The summed E-state index contributed by atoms with van der Waals surface area (Å²) >= 11 is 0. The normalized spacial score (nSPS) is 18.9. The Kier molecular flexibility index (Phi) is 5.08. The molecule has 0 aliphatic carbocycles. The molecule has 0 amide bonds. The van der Waals surface area contributed by atoms with Gasteiger partial charge in [-0.15, -0.1) is 0 Å². The van der Waals surface area contributed by atoms with Crippen molar-refractivity contribution in [3.05, 3.63) is 17.1 Å². The SMILES string of the molecule is Cc1oc(C)c(S(=O)(=O)NC(C)C2CCOCC2)c1CN. The largest absolute Gasteiger partial charge is 0.465 e. The number of rotatable bonds is 5. The van der Waals surface area contributed by atoms with E-state index in [4.69, 9.17) is 14.9 Å². The van der Waals surface area contributed by atoms with Crippen LogP contribution in [0.15, 0.2) is 9.31 Å². The Morgan fingerprint density at radius 3 is 2.48 bits per heavy atom. The van der Waals surface area contributed by atoms with Gasteiger partial charge in [0.1, 0.15) is 16.4 Å². The van der Waals surface area contributed by atoms with Gasteiger partial charge >= 0.3 is 0 Å². The maximum atomic E-state index is 12.6. The Hall–Kier alpha value is -0.890. The first-order chi connectivity index (χ1) is 9.86. The highest BCUT2D eigenvalue weighted by molar-refractivity contribution is 7.89. The number of furan rings is 1. The molecule has 2 rings (SSSR count). The second kappa shape index (κ2) is 6.48. The van der Waals surface area contributed by atoms with Crippen molar-refractivity contribution in [3.63, 3.8) is 0 Å². The van der Waals surface area contributed by atoms with E-state index in [1.807, 2.05) is 6.92 Å². The Morgan fingerprint density at radius 2 is 1.90 bits per heavy atom. The van der Waals surface area contributed by atoms with E-state index in [-0.39, 0.29) is 17.5 Å². The topological polar surface area (TPSA) is 94.6 Å². The van der Waals surface area contributed by atoms with Gasteiger partial charge in [-0.3, -0.25) is 0 Å². The summed E-state index contributed by atoms with van der Waals surface area (Å²) in [5.74, 6) is 1.25. The van der Waals surface area contributed by atoms with E-state index in [0.717, 1.165) is 12.8 Å². The standard InChI is InChI=1S/C14H24N2O4S/c1-9(12-4-6-19-7-5-12)16-21(17,18)14-11(3)20-10(2)13(14)8-15/h9,12,16H,4-8,15H2,1-3H3. The first kappa shape index (κ1) is 16.5. The summed E-state index contributed by atoms with van der Waals surface area (Å²) in [7, 11) is -3.63. The summed E-state index contributed by atoms with van der Waals surface area (Å²) < 4.78 is 38.8. The van der Waals surface area contributed by atoms with E-state index < -0.39 is 10.0 Å². The van der Waals surface area contributed by atoms with Gasteiger partial charge in [-0.1, -0.05) is 0 Å². The molecule has 3 N–H and O–H groups in total. The molecule has 1 unspecified atom stereocenters. The van der Waals surface area contributed by atoms with Crippen molar-refractivity contribution in [3.8, 4) is 0 Å². The second-order valence-corrected chi connectivity index (χ2v) is 7.24. The summed E-state index contributed by atoms with van der Waals surface area (Å²) in [6.45, 7) is 6.81. The van der Waals surface area contributed by atoms with Crippen LogP contribution in [-0.4, -0.2) is 27.7 Å². The third-order valence-corrected chi connectivity index (χ3v) is 5.87. The van der Waals surface area contributed by atoms with Crippen molar-refractivity contribution < 1.29 is 17.6 Å². The monoisotopic (exact) mass is 316 g/mol. The zero-order valence-electron chi connectivity index (χ0n) is 12.8. The summed E-state index contributed by atoms with van der Waals surface area (Å²) in [5, 5.41) is 0. The van der Waals surface area contributed by atoms with E-state index in [1.54, 1.807) is 13.8 Å². The van der Waals surface area contributed by atoms with Crippen LogP contribution < -0.4 is 10.5 Å². The highest BCUT2D eigenvalue weighted by atomic mass is 32.2. The molecule has 1 aliphatic heterocycles. The Labute approximate surface area is 126 Å². The average Bonchev–Trinajstić information content (AvgIpc) is 2.73. The zero-order valence-corrected chi connectivity index (χ0v) is 13.6. The molecule has 1 atom stereocenters. The molecule has 0 saturated carbocycles. The van der Waals surface area contributed by atoms with Gasteiger partial charge in [-0.25, -0.2) is 13.1 Å². The van der Waals surface area contributed by atoms with Gasteiger partial charge in [0.05, 0.1) is 0 Å². The molecule has 0 radical (unpaired) electrons. The fraction of sp³-hybridized carbons (Fsp3) is 0.714. The predicted molar refractivity (Wildman–Crippen MR) is 79.4 cm³/mol. The van der Waals surface area contributed by atoms with E-state index in [1.165, 1.54) is 0 Å². The third-order valence-electron chi connectivity index (χ3n) is 4.11. The van der Waals surface area contributed by atoms with Crippen molar-refractivity contribution in [2.24, 2.45) is 11.7 Å². The minimum atomic E-state index is -3.63. The van der Waals surface area contributed by atoms with Crippen LogP contribution in [0.1, 0.15) is 36.8 Å². The molecule has 6 nitrogen and oxygen atoms in total. The number of aryl methyl sites for hydroxylation is 2. The van der Waals surface area contributed by atoms with Gasteiger partial charge in [0.15, 0.2) is 0 Å². The van der Waals surface area contributed by atoms with Gasteiger partial charge in [-0.2, -0.15) is 0 Å². The van der Waals surface area contributed by atoms with Crippen LogP contribution in [0.4, 0.5) is 0 Å². The molecule has 7 heteroatoms. The average molecular weight is 316 g/mol. The second-order valence-electron chi connectivity index (χ2n) is 5.59. The maximum Gasteiger partial charge on any atom is 0.244 e. The number of nitrogens with one attached hydrogen (secondary N) is 1. The van der Waals surface area contributed by atoms with Crippen molar-refractivity contribution in [1.29, 1.82) is 0 Å². The lowest BCUT2D eigenvalue weighted by Gasteiger charge is -2.28. The predicted octanol–water partition coefficient (Wildman–Crippen LogP) is 1.45. The van der Waals surface area contributed by atoms with Gasteiger partial charge in [0.2, 0.25) is 10.0 Å². The molecule has 1 aromatic rings. The Bertz CT molecular complexity index is 588. The first-order valence-corrected chi connectivity index (χ1v) is 8.74. The summed E-state index contributed by atoms with van der Waals surface area (Å²) in [4.78, 5) is 0.196. The van der Waals surface area contributed by atoms with Gasteiger partial charge < -0.3 is 14.9 Å². The van der Waals surface area contributed by atoms with Crippen LogP contribution in [0.25, 0.3) is 0 Å². The molecule has 120 valence electrons. The van der Waals surface area contributed by atoms with Crippen molar-refractivity contribution in [1.82, 2.24) is 4.72 Å². The van der Waals surface area contributed by atoms with Crippen LogP contribution in [0.3, 0.4) is 0 Å². The van der Waals surface area contributed by atoms with Crippen LogP contribution in [0, 0.1) is 19.8 Å². The molecule has 1 aliphatic rings. The smallest absolute Gasteiger partial charge is 0.244 e. The highest BCUT2D eigenvalue weighted by Crippen LogP contribution is 2.27. The minimum absolute atomic E-state index is 0.140. The van der Waals surface area contributed by atoms with E-state index in [9.17, 15) is 8.42 Å². The van der Waals surface area contributed by atoms with Crippen molar-refractivity contribution in [2.45, 2.75) is 51.1 Å². The molecule has 1 fully saturated rings. The fourth-order valence-corrected chi connectivity index (χ4v) is 4.68. The third kappa shape index (κ3) is 3.48. The molecular formula is C14H24N2O4S. The van der Waals surface area contributed by atoms with Crippen molar-refractivity contribution in [2.75, 3.05) is 13.2 Å². The molecule has 1 aromatic heterocycles. The molecule has 0 bridgehead atoms. The molecule has 0 spiro atoms. The van der Waals surface area contributed by atoms with Crippen LogP contribution in [0.2, 0.25) is 0 Å². The number of hydrogen-bond donors (Lipinski definition) is 2. The molecular weight excluding hydrogens is 292 g/mol. The summed E-state index contributed by atoms with van der Waals surface area (Å²) in [6, 6.07) is -0.140. The van der Waals surface area contributed by atoms with Crippen LogP contribution >= 0.6 is 0 Å². The molecule has 1 saturated heterocycles. The van der Waals surface area contributed by atoms with E-state index in [2.05, 4.69) is 4.72 Å². The Morgan fingerprint density at radius 1 is 1.29 bits per heavy atom. The number of hydrogen-bond acceptors (Lipinski definition) is 5. The molecule has 2 heterocycles. The van der Waals surface area contributed by atoms with Crippen molar-refractivity contribution >= 4 is 10.0 Å². The first-order valence-electron chi connectivity index (χ1n) is 7.25.